The maximum Gasteiger partial charge on any atom is 0.416 e. The van der Waals surface area contributed by atoms with E-state index in [1.807, 2.05) is 27.7 Å². The molecule has 6 atom stereocenters. The highest BCUT2D eigenvalue weighted by Crippen LogP contribution is 2.32. The number of carbonyl (C=O) groups is 3. The van der Waals surface area contributed by atoms with Crippen LogP contribution < -0.4 is 21.6 Å². The van der Waals surface area contributed by atoms with Crippen molar-refractivity contribution in [1.82, 2.24) is 19.1 Å². The van der Waals surface area contributed by atoms with Crippen LogP contribution in [0.15, 0.2) is 34.1 Å². The predicted molar refractivity (Wildman–Crippen MR) is 223 cm³/mol. The van der Waals surface area contributed by atoms with E-state index >= 15 is 0 Å². The Kier molecular flexibility index (Phi) is 19.3. The molecule has 2 aromatic heterocycles. The molecule has 20 heteroatoms. The molecular formula is C41H66N6O14. The predicted octanol–water partition coefficient (Wildman–Crippen LogP) is 4.98. The summed E-state index contributed by atoms with van der Waals surface area (Å²) in [5.74, 6) is 0.194. The van der Waals surface area contributed by atoms with Crippen LogP contribution in [0.2, 0.25) is 0 Å². The normalized spacial score (nSPS) is 21.6. The van der Waals surface area contributed by atoms with Gasteiger partial charge in [0.05, 0.1) is 32.0 Å². The molecule has 2 aromatic rings. The highest BCUT2D eigenvalue weighted by Gasteiger charge is 2.39. The van der Waals surface area contributed by atoms with Crippen molar-refractivity contribution in [3.05, 3.63) is 45.5 Å². The van der Waals surface area contributed by atoms with Crippen LogP contribution >= 0.6 is 0 Å². The lowest BCUT2D eigenvalue weighted by Crippen LogP contribution is -2.47. The highest BCUT2D eigenvalue weighted by molar-refractivity contribution is 5.86. The van der Waals surface area contributed by atoms with Crippen LogP contribution in [0.25, 0.3) is 0 Å². The van der Waals surface area contributed by atoms with E-state index in [9.17, 15) is 24.0 Å². The summed E-state index contributed by atoms with van der Waals surface area (Å²) in [7, 11) is 0. The molecule has 2 saturated heterocycles. The van der Waals surface area contributed by atoms with Gasteiger partial charge in [0.15, 0.2) is 0 Å². The maximum atomic E-state index is 12.9. The molecule has 0 radical (unpaired) electrons. The Morgan fingerprint density at radius 1 is 0.770 bits per heavy atom. The molecule has 0 bridgehead atoms. The first-order valence-electron chi connectivity index (χ1n) is 20.6. The zero-order chi connectivity index (χ0) is 45.5. The van der Waals surface area contributed by atoms with Crippen LogP contribution in [0.4, 0.5) is 21.2 Å². The number of aromatic nitrogens is 4. The lowest BCUT2D eigenvalue weighted by molar-refractivity contribution is -0.139. The van der Waals surface area contributed by atoms with Gasteiger partial charge in [0.1, 0.15) is 53.1 Å². The minimum atomic E-state index is -1.04. The SMILES string of the molecule is CCOC[C@H]1O[C@@H](n2ccc(N(CC(C)(C)OC=O)C(=O)OC(C)(C)C)nc2=O)C[C@H]1OCC.CCOC[C@H]1O[C@@H](n2ccc(NC(=O)OC(C)(C)C)nc2=O)C[C@H]1OCC. The number of nitrogens with one attached hydrogen (secondary N) is 1. The summed E-state index contributed by atoms with van der Waals surface area (Å²) in [5, 5.41) is 2.45. The molecule has 344 valence electrons. The summed E-state index contributed by atoms with van der Waals surface area (Å²) in [6.07, 6.45) is 0.647. The van der Waals surface area contributed by atoms with Gasteiger partial charge in [0.25, 0.3) is 6.47 Å². The molecule has 0 aromatic carbocycles. The van der Waals surface area contributed by atoms with Crippen LogP contribution in [-0.4, -0.2) is 125 Å². The Morgan fingerprint density at radius 2 is 1.26 bits per heavy atom. The minimum Gasteiger partial charge on any atom is -0.460 e. The molecule has 0 aliphatic carbocycles. The molecular weight excluding hydrogens is 800 g/mol. The molecule has 4 rings (SSSR count). The largest absolute Gasteiger partial charge is 0.460 e. The molecule has 2 amide bonds. The summed E-state index contributed by atoms with van der Waals surface area (Å²) in [5.41, 5.74) is -3.58. The maximum absolute atomic E-state index is 12.9. The summed E-state index contributed by atoms with van der Waals surface area (Å²) < 4.78 is 52.9. The summed E-state index contributed by atoms with van der Waals surface area (Å²) in [4.78, 5) is 70.1. The highest BCUT2D eigenvalue weighted by atomic mass is 16.6. The molecule has 0 unspecified atom stereocenters. The van der Waals surface area contributed by atoms with Crippen molar-refractivity contribution in [3.8, 4) is 0 Å². The van der Waals surface area contributed by atoms with Gasteiger partial charge in [-0.25, -0.2) is 19.2 Å². The Morgan fingerprint density at radius 3 is 1.69 bits per heavy atom. The molecule has 0 saturated carbocycles. The molecule has 1 N–H and O–H groups in total. The Labute approximate surface area is 357 Å². The van der Waals surface area contributed by atoms with Crippen molar-refractivity contribution in [2.24, 2.45) is 0 Å². The van der Waals surface area contributed by atoms with Crippen molar-refractivity contribution < 1.29 is 57.0 Å². The number of rotatable bonds is 18. The van der Waals surface area contributed by atoms with Gasteiger partial charge >= 0.3 is 23.6 Å². The zero-order valence-corrected chi connectivity index (χ0v) is 37.7. The average molecular weight is 867 g/mol. The van der Waals surface area contributed by atoms with Gasteiger partial charge in [0, 0.05) is 51.7 Å². The van der Waals surface area contributed by atoms with Gasteiger partial charge in [-0.05, 0) is 95.2 Å². The van der Waals surface area contributed by atoms with Crippen LogP contribution in [0.5, 0.6) is 0 Å². The van der Waals surface area contributed by atoms with Crippen molar-refractivity contribution in [3.63, 3.8) is 0 Å². The van der Waals surface area contributed by atoms with E-state index in [1.54, 1.807) is 61.6 Å². The van der Waals surface area contributed by atoms with E-state index in [4.69, 9.17) is 42.6 Å². The third-order valence-electron chi connectivity index (χ3n) is 8.79. The van der Waals surface area contributed by atoms with E-state index < -0.39 is 52.8 Å². The van der Waals surface area contributed by atoms with Gasteiger partial charge in [-0.15, -0.1) is 0 Å². The fourth-order valence-corrected chi connectivity index (χ4v) is 6.28. The Bertz CT molecular complexity index is 1820. The number of hydrogen-bond acceptors (Lipinski definition) is 16. The number of ether oxygens (including phenoxy) is 9. The number of hydrogen-bond donors (Lipinski definition) is 1. The first-order chi connectivity index (χ1) is 28.6. The van der Waals surface area contributed by atoms with Gasteiger partial charge in [0.2, 0.25) is 0 Å². The van der Waals surface area contributed by atoms with Crippen molar-refractivity contribution in [1.29, 1.82) is 0 Å². The van der Waals surface area contributed by atoms with Gasteiger partial charge < -0.3 is 42.6 Å². The first kappa shape index (κ1) is 50.9. The topological polar surface area (TPSA) is 219 Å². The minimum absolute atomic E-state index is 0.0696. The molecule has 4 heterocycles. The molecule has 2 aliphatic rings. The second-order valence-corrected chi connectivity index (χ2v) is 16.7. The smallest absolute Gasteiger partial charge is 0.416 e. The first-order valence-corrected chi connectivity index (χ1v) is 20.6. The van der Waals surface area contributed by atoms with Crippen LogP contribution in [-0.2, 0) is 47.4 Å². The third-order valence-corrected chi connectivity index (χ3v) is 8.79. The number of anilines is 2. The lowest BCUT2D eigenvalue weighted by Gasteiger charge is -2.32. The fraction of sp³-hybridized carbons (Fsp3) is 0.732. The van der Waals surface area contributed by atoms with E-state index in [0.29, 0.717) is 59.0 Å². The number of carbonyl (C=O) groups excluding carboxylic acids is 3. The van der Waals surface area contributed by atoms with Gasteiger partial charge in [-0.1, -0.05) is 0 Å². The fourth-order valence-electron chi connectivity index (χ4n) is 6.28. The monoisotopic (exact) mass is 866 g/mol. The zero-order valence-electron chi connectivity index (χ0n) is 37.7. The summed E-state index contributed by atoms with van der Waals surface area (Å²) in [6, 6.07) is 3.05. The standard InChI is InChI=1S/C23H37N3O8.C18H29N3O6/c1-8-30-13-17-16(31-9-2)12-19(33-17)25-11-10-18(24-20(25)28)26(14-23(6,7)32-15-27)21(29)34-22(3,4)5;1-6-24-11-13-12(25-7-2)10-15(26-13)21-9-8-14(19-16(21)22)20-17(23)27-18(3,4)5/h10-11,15-17,19H,8-9,12-14H2,1-7H3;8-9,12-13,15H,6-7,10-11H2,1-5H3,(H,19,20,22,23)/t16-,17-,19-;12-,13-,15-/m11/s1. The second kappa shape index (κ2) is 23.1. The van der Waals surface area contributed by atoms with E-state index in [-0.39, 0.29) is 42.6 Å². The van der Waals surface area contributed by atoms with Crippen molar-refractivity contribution in [2.75, 3.05) is 56.4 Å². The molecule has 0 spiro atoms. The van der Waals surface area contributed by atoms with Crippen molar-refractivity contribution in [2.45, 2.75) is 150 Å². The average Bonchev–Trinajstić information content (AvgIpc) is 3.74. The number of nitrogens with zero attached hydrogens (tertiary/aromatic N) is 5. The van der Waals surface area contributed by atoms with E-state index in [1.165, 1.54) is 32.4 Å². The van der Waals surface area contributed by atoms with E-state index in [2.05, 4.69) is 15.3 Å². The second-order valence-electron chi connectivity index (χ2n) is 16.7. The third kappa shape index (κ3) is 16.4. The summed E-state index contributed by atoms with van der Waals surface area (Å²) >= 11 is 0. The lowest BCUT2D eigenvalue weighted by atomic mass is 10.1. The van der Waals surface area contributed by atoms with Gasteiger partial charge in [-0.3, -0.25) is 24.1 Å². The quantitative estimate of drug-likeness (QED) is 0.154. The molecule has 20 nitrogen and oxygen atoms in total. The Hall–Kier alpha value is -4.47. The van der Waals surface area contributed by atoms with Crippen LogP contribution in [0.1, 0.15) is 108 Å². The molecule has 61 heavy (non-hydrogen) atoms. The van der Waals surface area contributed by atoms with Gasteiger partial charge in [-0.2, -0.15) is 9.97 Å². The number of amides is 2. The van der Waals surface area contributed by atoms with Crippen LogP contribution in [0, 0.1) is 0 Å². The summed E-state index contributed by atoms with van der Waals surface area (Å²) in [6.45, 7) is 24.5. The molecule has 2 fully saturated rings. The molecule has 2 aliphatic heterocycles. The van der Waals surface area contributed by atoms with Crippen LogP contribution in [0.3, 0.4) is 0 Å². The Balaban J connectivity index is 0.000000334. The van der Waals surface area contributed by atoms with E-state index in [0.717, 1.165) is 0 Å². The van der Waals surface area contributed by atoms with Crippen molar-refractivity contribution >= 4 is 30.3 Å².